The summed E-state index contributed by atoms with van der Waals surface area (Å²) >= 11 is 2.86. The molecule has 1 aromatic carbocycles. The van der Waals surface area contributed by atoms with Gasteiger partial charge in [-0.3, -0.25) is 4.79 Å². The number of aryl methyl sites for hydroxylation is 2. The summed E-state index contributed by atoms with van der Waals surface area (Å²) in [7, 11) is 0. The number of ether oxygens (including phenoxy) is 2. The molecular formula is C18H18N4O3S2. The van der Waals surface area contributed by atoms with Crippen molar-refractivity contribution in [3.8, 4) is 11.5 Å². The second-order valence-electron chi connectivity index (χ2n) is 6.17. The molecule has 9 heteroatoms. The molecule has 0 saturated heterocycles. The van der Waals surface area contributed by atoms with Crippen LogP contribution in [0.2, 0.25) is 0 Å². The van der Waals surface area contributed by atoms with Crippen LogP contribution in [-0.4, -0.2) is 27.9 Å². The van der Waals surface area contributed by atoms with E-state index < -0.39 is 5.25 Å². The standard InChI is InChI=1S/C18H18N4O3S2/c1-8-9(2)26-17-14(8)15(19)21-18(22-17)27-10(3)16(23)20-11-4-5-12-13(6-11)25-7-24-12/h4-6,10H,7H2,1-3H3,(H,20,23)(H2,19,21,22). The molecule has 1 aliphatic heterocycles. The molecule has 0 bridgehead atoms. The summed E-state index contributed by atoms with van der Waals surface area (Å²) in [5, 5.41) is 3.88. The number of fused-ring (bicyclic) bond motifs is 2. The third kappa shape index (κ3) is 3.40. The number of amides is 1. The number of nitrogens with one attached hydrogen (secondary N) is 1. The summed E-state index contributed by atoms with van der Waals surface area (Å²) in [5.74, 6) is 1.60. The number of carbonyl (C=O) groups is 1. The molecule has 4 rings (SSSR count). The van der Waals surface area contributed by atoms with Crippen molar-refractivity contribution in [3.63, 3.8) is 0 Å². The van der Waals surface area contributed by atoms with Crippen LogP contribution in [0.4, 0.5) is 11.5 Å². The first-order valence-corrected chi connectivity index (χ1v) is 10.0. The lowest BCUT2D eigenvalue weighted by Crippen LogP contribution is -2.22. The molecule has 0 radical (unpaired) electrons. The minimum Gasteiger partial charge on any atom is -0.454 e. The molecule has 140 valence electrons. The maximum Gasteiger partial charge on any atom is 0.237 e. The zero-order valence-electron chi connectivity index (χ0n) is 15.0. The Hall–Kier alpha value is -2.52. The number of rotatable bonds is 4. The van der Waals surface area contributed by atoms with E-state index in [-0.39, 0.29) is 12.7 Å². The molecule has 3 heterocycles. The van der Waals surface area contributed by atoms with Crippen molar-refractivity contribution < 1.29 is 14.3 Å². The van der Waals surface area contributed by atoms with E-state index >= 15 is 0 Å². The van der Waals surface area contributed by atoms with Crippen LogP contribution in [0.3, 0.4) is 0 Å². The average Bonchev–Trinajstić information content (AvgIpc) is 3.19. The van der Waals surface area contributed by atoms with Crippen molar-refractivity contribution in [1.82, 2.24) is 9.97 Å². The Morgan fingerprint density at radius 2 is 2.07 bits per heavy atom. The number of nitrogens with two attached hydrogens (primary N) is 1. The van der Waals surface area contributed by atoms with E-state index in [0.29, 0.717) is 28.2 Å². The molecule has 0 saturated carbocycles. The Kier molecular flexibility index (Phi) is 4.56. The van der Waals surface area contributed by atoms with Crippen LogP contribution in [0.25, 0.3) is 10.2 Å². The van der Waals surface area contributed by atoms with Crippen LogP contribution >= 0.6 is 23.1 Å². The minimum atomic E-state index is -0.394. The number of thioether (sulfide) groups is 1. The number of carbonyl (C=O) groups excluding carboxylic acids is 1. The van der Waals surface area contributed by atoms with Crippen molar-refractivity contribution in [3.05, 3.63) is 28.6 Å². The Morgan fingerprint density at radius 1 is 1.30 bits per heavy atom. The van der Waals surface area contributed by atoms with Gasteiger partial charge >= 0.3 is 0 Å². The van der Waals surface area contributed by atoms with Crippen molar-refractivity contribution in [2.75, 3.05) is 17.8 Å². The highest BCUT2D eigenvalue weighted by atomic mass is 32.2. The lowest BCUT2D eigenvalue weighted by atomic mass is 10.2. The summed E-state index contributed by atoms with van der Waals surface area (Å²) < 4.78 is 10.6. The topological polar surface area (TPSA) is 99.4 Å². The smallest absolute Gasteiger partial charge is 0.237 e. The minimum absolute atomic E-state index is 0.153. The molecule has 1 atom stereocenters. The first-order valence-electron chi connectivity index (χ1n) is 8.32. The van der Waals surface area contributed by atoms with Crippen molar-refractivity contribution >= 4 is 50.7 Å². The zero-order valence-corrected chi connectivity index (χ0v) is 16.7. The summed E-state index contributed by atoms with van der Waals surface area (Å²) in [6, 6.07) is 5.30. The molecule has 1 aliphatic rings. The van der Waals surface area contributed by atoms with Gasteiger partial charge in [-0.05, 0) is 38.5 Å². The van der Waals surface area contributed by atoms with Gasteiger partial charge in [0.1, 0.15) is 10.6 Å². The van der Waals surface area contributed by atoms with Crippen LogP contribution in [0, 0.1) is 13.8 Å². The van der Waals surface area contributed by atoms with Crippen molar-refractivity contribution in [2.45, 2.75) is 31.2 Å². The normalized spacial score (nSPS) is 13.7. The highest BCUT2D eigenvalue weighted by Crippen LogP contribution is 2.36. The van der Waals surface area contributed by atoms with Crippen LogP contribution in [-0.2, 0) is 4.79 Å². The van der Waals surface area contributed by atoms with Gasteiger partial charge in [0.25, 0.3) is 0 Å². The molecule has 1 amide bonds. The van der Waals surface area contributed by atoms with Gasteiger partial charge < -0.3 is 20.5 Å². The summed E-state index contributed by atoms with van der Waals surface area (Å²) in [4.78, 5) is 23.5. The Morgan fingerprint density at radius 3 is 2.89 bits per heavy atom. The maximum absolute atomic E-state index is 12.5. The van der Waals surface area contributed by atoms with Gasteiger partial charge in [0.2, 0.25) is 12.7 Å². The SMILES string of the molecule is Cc1sc2nc(SC(C)C(=O)Nc3ccc4c(c3)OCO4)nc(N)c2c1C. The van der Waals surface area contributed by atoms with Gasteiger partial charge in [0.15, 0.2) is 16.7 Å². The molecule has 0 aliphatic carbocycles. The van der Waals surface area contributed by atoms with Crippen molar-refractivity contribution in [2.24, 2.45) is 0 Å². The third-order valence-corrected chi connectivity index (χ3v) is 6.39. The monoisotopic (exact) mass is 402 g/mol. The van der Waals surface area contributed by atoms with E-state index in [1.54, 1.807) is 29.5 Å². The predicted octanol–water partition coefficient (Wildman–Crippen LogP) is 3.74. The van der Waals surface area contributed by atoms with Crippen molar-refractivity contribution in [1.29, 1.82) is 0 Å². The van der Waals surface area contributed by atoms with Gasteiger partial charge in [-0.15, -0.1) is 11.3 Å². The fourth-order valence-corrected chi connectivity index (χ4v) is 4.61. The number of benzene rings is 1. The van der Waals surface area contributed by atoms with E-state index in [1.807, 2.05) is 20.8 Å². The zero-order chi connectivity index (χ0) is 19.1. The van der Waals surface area contributed by atoms with E-state index in [1.165, 1.54) is 16.6 Å². The summed E-state index contributed by atoms with van der Waals surface area (Å²) in [5.41, 5.74) is 7.87. The fraction of sp³-hybridized carbons (Fsp3) is 0.278. The Labute approximate surface area is 164 Å². The lowest BCUT2D eigenvalue weighted by molar-refractivity contribution is -0.115. The number of thiophene rings is 1. The van der Waals surface area contributed by atoms with Crippen LogP contribution in [0.15, 0.2) is 23.4 Å². The second-order valence-corrected chi connectivity index (χ2v) is 8.68. The molecule has 3 aromatic rings. The van der Waals surface area contributed by atoms with Gasteiger partial charge in [0, 0.05) is 16.6 Å². The van der Waals surface area contributed by atoms with Gasteiger partial charge in [0.05, 0.1) is 10.6 Å². The maximum atomic E-state index is 12.5. The molecular weight excluding hydrogens is 384 g/mol. The average molecular weight is 403 g/mol. The van der Waals surface area contributed by atoms with Gasteiger partial charge in [-0.25, -0.2) is 9.97 Å². The molecule has 0 spiro atoms. The number of hydrogen-bond acceptors (Lipinski definition) is 8. The van der Waals surface area contributed by atoms with Crippen LogP contribution in [0.1, 0.15) is 17.4 Å². The number of aromatic nitrogens is 2. The van der Waals surface area contributed by atoms with E-state index in [0.717, 1.165) is 15.8 Å². The first-order chi connectivity index (χ1) is 12.9. The molecule has 0 fully saturated rings. The quantitative estimate of drug-likeness (QED) is 0.506. The number of anilines is 2. The third-order valence-electron chi connectivity index (χ3n) is 4.33. The van der Waals surface area contributed by atoms with Crippen LogP contribution < -0.4 is 20.5 Å². The van der Waals surface area contributed by atoms with Gasteiger partial charge in [-0.2, -0.15) is 0 Å². The molecule has 27 heavy (non-hydrogen) atoms. The lowest BCUT2D eigenvalue weighted by Gasteiger charge is -2.12. The van der Waals surface area contributed by atoms with E-state index in [4.69, 9.17) is 15.2 Å². The Balaban J connectivity index is 1.49. The fourth-order valence-electron chi connectivity index (χ4n) is 2.74. The highest BCUT2D eigenvalue weighted by molar-refractivity contribution is 8.00. The predicted molar refractivity (Wildman–Crippen MR) is 108 cm³/mol. The largest absolute Gasteiger partial charge is 0.454 e. The number of nitrogen functional groups attached to an aromatic ring is 1. The summed E-state index contributed by atoms with van der Waals surface area (Å²) in [6.07, 6.45) is 0. The first kappa shape index (κ1) is 17.9. The molecule has 1 unspecified atom stereocenters. The highest BCUT2D eigenvalue weighted by Gasteiger charge is 2.20. The molecule has 2 aromatic heterocycles. The van der Waals surface area contributed by atoms with E-state index in [2.05, 4.69) is 15.3 Å². The second kappa shape index (κ2) is 6.90. The molecule has 7 nitrogen and oxygen atoms in total. The number of nitrogens with zero attached hydrogens (tertiary/aromatic N) is 2. The molecule has 3 N–H and O–H groups in total. The van der Waals surface area contributed by atoms with Gasteiger partial charge in [-0.1, -0.05) is 11.8 Å². The van der Waals surface area contributed by atoms with Crippen LogP contribution in [0.5, 0.6) is 11.5 Å². The Bertz CT molecular complexity index is 1050. The number of hydrogen-bond donors (Lipinski definition) is 2. The summed E-state index contributed by atoms with van der Waals surface area (Å²) in [6.45, 7) is 6.06. The van der Waals surface area contributed by atoms with E-state index in [9.17, 15) is 4.79 Å².